The van der Waals surface area contributed by atoms with Gasteiger partial charge in [-0.3, -0.25) is 14.7 Å². The molecule has 0 radical (unpaired) electrons. The maximum absolute atomic E-state index is 12.5. The van der Waals surface area contributed by atoms with E-state index in [0.29, 0.717) is 6.54 Å². The highest BCUT2D eigenvalue weighted by atomic mass is 16.5. The molecule has 6 heteroatoms. The molecule has 1 saturated heterocycles. The van der Waals surface area contributed by atoms with E-state index in [-0.39, 0.29) is 12.1 Å². The number of nitrogens with zero attached hydrogens (tertiary/aromatic N) is 3. The molecule has 1 amide bonds. The second kappa shape index (κ2) is 7.66. The summed E-state index contributed by atoms with van der Waals surface area (Å²) in [6, 6.07) is 8.28. The van der Waals surface area contributed by atoms with Crippen molar-refractivity contribution in [2.75, 3.05) is 38.2 Å². The van der Waals surface area contributed by atoms with Crippen LogP contribution in [0, 0.1) is 6.92 Å². The van der Waals surface area contributed by atoms with Crippen LogP contribution in [0.15, 0.2) is 36.7 Å². The average Bonchev–Trinajstić information content (AvgIpc) is 3.03. The van der Waals surface area contributed by atoms with Crippen LogP contribution in [0.4, 0.5) is 5.69 Å². The van der Waals surface area contributed by atoms with Crippen LogP contribution in [-0.2, 0) is 11.3 Å². The Morgan fingerprint density at radius 2 is 2.11 bits per heavy atom. The molecule has 3 heterocycles. The number of hydrogen-bond donors (Lipinski definition) is 1. The minimum atomic E-state index is 0.0273. The Bertz CT molecular complexity index is 818. The summed E-state index contributed by atoms with van der Waals surface area (Å²) in [4.78, 5) is 21.1. The van der Waals surface area contributed by atoms with Crippen LogP contribution in [0.2, 0.25) is 0 Å². The van der Waals surface area contributed by atoms with Crippen LogP contribution >= 0.6 is 0 Å². The van der Waals surface area contributed by atoms with E-state index in [0.717, 1.165) is 60.8 Å². The molecule has 2 aliphatic rings. The Morgan fingerprint density at radius 3 is 2.81 bits per heavy atom. The van der Waals surface area contributed by atoms with E-state index in [2.05, 4.69) is 33.4 Å². The fourth-order valence-electron chi connectivity index (χ4n) is 3.98. The maximum atomic E-state index is 12.5. The number of aryl methyl sites for hydroxylation is 1. The van der Waals surface area contributed by atoms with Crippen molar-refractivity contribution in [3.63, 3.8) is 0 Å². The highest BCUT2D eigenvalue weighted by molar-refractivity contribution is 6.00. The summed E-state index contributed by atoms with van der Waals surface area (Å²) in [7, 11) is 0. The van der Waals surface area contributed by atoms with Gasteiger partial charge in [-0.05, 0) is 43.2 Å². The number of rotatable bonds is 5. The first-order chi connectivity index (χ1) is 13.2. The molecule has 1 aromatic carbocycles. The summed E-state index contributed by atoms with van der Waals surface area (Å²) >= 11 is 0. The molecular weight excluding hydrogens is 340 g/mol. The third-order valence-corrected chi connectivity index (χ3v) is 5.38. The Balaban J connectivity index is 1.64. The summed E-state index contributed by atoms with van der Waals surface area (Å²) in [6.45, 7) is 8.70. The van der Waals surface area contributed by atoms with Gasteiger partial charge >= 0.3 is 0 Å². The van der Waals surface area contributed by atoms with Gasteiger partial charge in [0.25, 0.3) is 5.91 Å². The van der Waals surface area contributed by atoms with Crippen molar-refractivity contribution in [2.24, 2.45) is 0 Å². The molecular formula is C21H26N4O2. The van der Waals surface area contributed by atoms with E-state index in [4.69, 9.17) is 4.74 Å². The fraction of sp³-hybridized carbons (Fsp3) is 0.429. The Hall–Kier alpha value is -2.44. The van der Waals surface area contributed by atoms with Crippen molar-refractivity contribution in [2.45, 2.75) is 26.6 Å². The molecule has 1 atom stereocenters. The summed E-state index contributed by atoms with van der Waals surface area (Å²) in [5, 5.41) is 3.68. The van der Waals surface area contributed by atoms with E-state index in [1.54, 1.807) is 6.20 Å². The molecule has 1 N–H and O–H groups in total. The molecule has 27 heavy (non-hydrogen) atoms. The van der Waals surface area contributed by atoms with Gasteiger partial charge < -0.3 is 15.0 Å². The van der Waals surface area contributed by atoms with E-state index in [1.165, 1.54) is 0 Å². The molecule has 6 nitrogen and oxygen atoms in total. The van der Waals surface area contributed by atoms with Crippen molar-refractivity contribution in [3.8, 4) is 0 Å². The van der Waals surface area contributed by atoms with Crippen molar-refractivity contribution in [1.82, 2.24) is 14.8 Å². The van der Waals surface area contributed by atoms with Gasteiger partial charge in [0.1, 0.15) is 6.17 Å². The van der Waals surface area contributed by atoms with Crippen molar-refractivity contribution < 1.29 is 9.53 Å². The molecule has 2 aromatic rings. The van der Waals surface area contributed by atoms with Crippen LogP contribution < -0.4 is 5.32 Å². The lowest BCUT2D eigenvalue weighted by molar-refractivity contribution is 0.0216. The lowest BCUT2D eigenvalue weighted by Gasteiger charge is -2.35. The van der Waals surface area contributed by atoms with Crippen LogP contribution in [0.1, 0.15) is 40.1 Å². The highest BCUT2D eigenvalue weighted by Crippen LogP contribution is 2.31. The van der Waals surface area contributed by atoms with Gasteiger partial charge in [-0.1, -0.05) is 6.07 Å². The van der Waals surface area contributed by atoms with Crippen molar-refractivity contribution in [3.05, 3.63) is 58.9 Å². The number of carbonyl (C=O) groups is 1. The number of pyridine rings is 1. The zero-order chi connectivity index (χ0) is 18.8. The Kier molecular flexibility index (Phi) is 5.09. The summed E-state index contributed by atoms with van der Waals surface area (Å²) in [5.74, 6) is 0.147. The first-order valence-electron chi connectivity index (χ1n) is 9.58. The summed E-state index contributed by atoms with van der Waals surface area (Å²) in [6.07, 6.45) is 3.74. The normalized spacial score (nSPS) is 18.4. The first-order valence-corrected chi connectivity index (χ1v) is 9.58. The molecule has 2 aliphatic heterocycles. The SMILES string of the molecule is CCN1Cc2cc(NC(c3cccnc3)N3CCOCC3)cc(C)c2C1=O. The highest BCUT2D eigenvalue weighted by Gasteiger charge is 2.29. The predicted molar refractivity (Wildman–Crippen MR) is 105 cm³/mol. The number of carbonyl (C=O) groups excluding carboxylic acids is 1. The smallest absolute Gasteiger partial charge is 0.254 e. The van der Waals surface area contributed by atoms with Gasteiger partial charge in [-0.25, -0.2) is 0 Å². The monoisotopic (exact) mass is 366 g/mol. The third kappa shape index (κ3) is 3.55. The fourth-order valence-corrected chi connectivity index (χ4v) is 3.98. The van der Waals surface area contributed by atoms with E-state index >= 15 is 0 Å². The molecule has 0 saturated carbocycles. The molecule has 142 valence electrons. The number of benzene rings is 1. The second-order valence-electron chi connectivity index (χ2n) is 7.13. The number of ether oxygens (including phenoxy) is 1. The summed E-state index contributed by atoms with van der Waals surface area (Å²) in [5.41, 5.74) is 5.17. The quantitative estimate of drug-likeness (QED) is 0.882. The Morgan fingerprint density at radius 1 is 1.30 bits per heavy atom. The molecule has 1 aromatic heterocycles. The maximum Gasteiger partial charge on any atom is 0.254 e. The van der Waals surface area contributed by atoms with Crippen molar-refractivity contribution in [1.29, 1.82) is 0 Å². The van der Waals surface area contributed by atoms with Gasteiger partial charge in [0, 0.05) is 55.4 Å². The van der Waals surface area contributed by atoms with Gasteiger partial charge in [0.05, 0.1) is 13.2 Å². The van der Waals surface area contributed by atoms with Gasteiger partial charge in [-0.2, -0.15) is 0 Å². The number of morpholine rings is 1. The number of amides is 1. The number of nitrogens with one attached hydrogen (secondary N) is 1. The summed E-state index contributed by atoms with van der Waals surface area (Å²) < 4.78 is 5.52. The molecule has 1 unspecified atom stereocenters. The van der Waals surface area contributed by atoms with Crippen molar-refractivity contribution >= 4 is 11.6 Å². The lowest BCUT2D eigenvalue weighted by atomic mass is 10.0. The van der Waals surface area contributed by atoms with Crippen LogP contribution in [0.3, 0.4) is 0 Å². The van der Waals surface area contributed by atoms with Gasteiger partial charge in [0.15, 0.2) is 0 Å². The Labute approximate surface area is 160 Å². The minimum absolute atomic E-state index is 0.0273. The number of aromatic nitrogens is 1. The molecule has 1 fully saturated rings. The standard InChI is InChI=1S/C21H26N4O2/c1-3-24-14-17-12-18(11-15(2)19(17)21(24)26)23-20(16-5-4-6-22-13-16)25-7-9-27-10-8-25/h4-6,11-13,20,23H,3,7-10,14H2,1-2H3. The molecule has 0 spiro atoms. The largest absolute Gasteiger partial charge is 0.379 e. The third-order valence-electron chi connectivity index (χ3n) is 5.38. The zero-order valence-electron chi connectivity index (χ0n) is 15.9. The van der Waals surface area contributed by atoms with E-state index in [9.17, 15) is 4.79 Å². The van der Waals surface area contributed by atoms with Crippen LogP contribution in [-0.4, -0.2) is 53.5 Å². The number of anilines is 1. The van der Waals surface area contributed by atoms with Gasteiger partial charge in [-0.15, -0.1) is 0 Å². The van der Waals surface area contributed by atoms with Crippen LogP contribution in [0.5, 0.6) is 0 Å². The van der Waals surface area contributed by atoms with E-state index in [1.807, 2.05) is 31.0 Å². The number of fused-ring (bicyclic) bond motifs is 1. The van der Waals surface area contributed by atoms with E-state index < -0.39 is 0 Å². The first kappa shape index (κ1) is 17.9. The average molecular weight is 366 g/mol. The zero-order valence-corrected chi connectivity index (χ0v) is 15.9. The number of hydrogen-bond acceptors (Lipinski definition) is 5. The molecule has 0 bridgehead atoms. The lowest BCUT2D eigenvalue weighted by Crippen LogP contribution is -2.42. The van der Waals surface area contributed by atoms with Gasteiger partial charge in [0.2, 0.25) is 0 Å². The molecule has 4 rings (SSSR count). The minimum Gasteiger partial charge on any atom is -0.379 e. The topological polar surface area (TPSA) is 57.7 Å². The molecule has 0 aliphatic carbocycles. The predicted octanol–water partition coefficient (Wildman–Crippen LogP) is 2.81. The second-order valence-corrected chi connectivity index (χ2v) is 7.13. The van der Waals surface area contributed by atoms with Crippen LogP contribution in [0.25, 0.3) is 0 Å².